The van der Waals surface area contributed by atoms with E-state index < -0.39 is 5.97 Å². The van der Waals surface area contributed by atoms with Crippen LogP contribution in [0.25, 0.3) is 16.9 Å². The van der Waals surface area contributed by atoms with Gasteiger partial charge in [0.2, 0.25) is 5.78 Å². The number of nitrogens with one attached hydrogen (secondary N) is 1. The van der Waals surface area contributed by atoms with Crippen LogP contribution in [0.5, 0.6) is 0 Å². The van der Waals surface area contributed by atoms with E-state index in [4.69, 9.17) is 23.2 Å². The highest BCUT2D eigenvalue weighted by atomic mass is 35.5. The first-order chi connectivity index (χ1) is 15.9. The van der Waals surface area contributed by atoms with E-state index in [1.165, 1.54) is 6.33 Å². The van der Waals surface area contributed by atoms with E-state index >= 15 is 0 Å². The largest absolute Gasteiger partial charge is 0.481 e. The van der Waals surface area contributed by atoms with Gasteiger partial charge in [0, 0.05) is 17.3 Å². The summed E-state index contributed by atoms with van der Waals surface area (Å²) in [4.78, 5) is 29.2. The maximum Gasteiger partial charge on any atom is 0.306 e. The number of ketones is 1. The van der Waals surface area contributed by atoms with Crippen LogP contribution in [0, 0.1) is 5.92 Å². The van der Waals surface area contributed by atoms with Crippen LogP contribution in [0.2, 0.25) is 10.0 Å². The highest BCUT2D eigenvalue weighted by Gasteiger charge is 2.30. The molecule has 7 nitrogen and oxygen atoms in total. The number of benzene rings is 1. The summed E-state index contributed by atoms with van der Waals surface area (Å²) in [7, 11) is 0. The van der Waals surface area contributed by atoms with Crippen molar-refractivity contribution < 1.29 is 14.7 Å². The maximum absolute atomic E-state index is 13.6. The topological polar surface area (TPSA) is 100 Å². The van der Waals surface area contributed by atoms with Gasteiger partial charge in [-0.05, 0) is 67.5 Å². The SMILES string of the molecule is O=C(c1c(Cl)cccc1Cl)c1cc(C2CCC(C(=O)O)CC2)c2ccc(-c3ncn[nH]3)cn12. The number of aliphatic carboxylic acids is 1. The Labute approximate surface area is 199 Å². The zero-order valence-corrected chi connectivity index (χ0v) is 19.0. The predicted octanol–water partition coefficient (Wildman–Crippen LogP) is 5.62. The Morgan fingerprint density at radius 3 is 2.42 bits per heavy atom. The summed E-state index contributed by atoms with van der Waals surface area (Å²) < 4.78 is 1.85. The molecule has 3 aromatic heterocycles. The molecule has 0 radical (unpaired) electrons. The van der Waals surface area contributed by atoms with Crippen LogP contribution in [-0.2, 0) is 4.79 Å². The van der Waals surface area contributed by atoms with Gasteiger partial charge in [-0.2, -0.15) is 5.10 Å². The molecular formula is C24H20Cl2N4O3. The number of carbonyl (C=O) groups excluding carboxylic acids is 1. The van der Waals surface area contributed by atoms with Gasteiger partial charge >= 0.3 is 5.97 Å². The molecule has 2 N–H and O–H groups in total. The molecule has 5 rings (SSSR count). The lowest BCUT2D eigenvalue weighted by Gasteiger charge is -2.26. The summed E-state index contributed by atoms with van der Waals surface area (Å²) in [6, 6.07) is 10.8. The number of pyridine rings is 1. The third kappa shape index (κ3) is 3.92. The van der Waals surface area contributed by atoms with Gasteiger partial charge in [-0.25, -0.2) is 4.98 Å². The fourth-order valence-electron chi connectivity index (χ4n) is 4.71. The van der Waals surface area contributed by atoms with Gasteiger partial charge in [0.05, 0.1) is 27.2 Å². The maximum atomic E-state index is 13.6. The first kappa shape index (κ1) is 21.7. The predicted molar refractivity (Wildman–Crippen MR) is 125 cm³/mol. The molecule has 0 spiro atoms. The number of nitrogens with zero attached hydrogens (tertiary/aromatic N) is 3. The fraction of sp³-hybridized carbons (Fsp3) is 0.250. The van der Waals surface area contributed by atoms with E-state index in [0.717, 1.165) is 29.5 Å². The number of halogens is 2. The fourth-order valence-corrected chi connectivity index (χ4v) is 5.28. The van der Waals surface area contributed by atoms with E-state index in [1.807, 2.05) is 28.8 Å². The molecule has 9 heteroatoms. The molecule has 0 atom stereocenters. The second kappa shape index (κ2) is 8.65. The van der Waals surface area contributed by atoms with Crippen molar-refractivity contribution in [3.05, 3.63) is 75.8 Å². The average molecular weight is 483 g/mol. The molecule has 0 unspecified atom stereocenters. The number of aromatic nitrogens is 4. The van der Waals surface area contributed by atoms with Crippen LogP contribution in [0.15, 0.2) is 48.9 Å². The minimum absolute atomic E-state index is 0.162. The van der Waals surface area contributed by atoms with Gasteiger partial charge in [-0.1, -0.05) is 29.3 Å². The number of carboxylic acid groups (broad SMARTS) is 1. The summed E-state index contributed by atoms with van der Waals surface area (Å²) in [5, 5.41) is 16.7. The van der Waals surface area contributed by atoms with Crippen LogP contribution >= 0.6 is 23.2 Å². The number of aromatic amines is 1. The quantitative estimate of drug-likeness (QED) is 0.359. The third-order valence-electron chi connectivity index (χ3n) is 6.42. The van der Waals surface area contributed by atoms with Crippen molar-refractivity contribution in [1.29, 1.82) is 0 Å². The number of H-pyrrole nitrogens is 1. The number of hydrogen-bond donors (Lipinski definition) is 2. The van der Waals surface area contributed by atoms with E-state index in [9.17, 15) is 14.7 Å². The number of fused-ring (bicyclic) bond motifs is 1. The van der Waals surface area contributed by atoms with Gasteiger partial charge in [0.15, 0.2) is 5.82 Å². The van der Waals surface area contributed by atoms with Crippen LogP contribution < -0.4 is 0 Å². The summed E-state index contributed by atoms with van der Waals surface area (Å²) in [6.07, 6.45) is 6.01. The summed E-state index contributed by atoms with van der Waals surface area (Å²) in [5.41, 5.74) is 3.39. The highest BCUT2D eigenvalue weighted by molar-refractivity contribution is 6.40. The molecular weight excluding hydrogens is 463 g/mol. The Hall–Kier alpha value is -3.16. The standard InChI is InChI=1S/C24H20Cl2N4O3/c25-17-2-1-3-18(26)21(17)22(31)20-10-16(13-4-6-14(7-5-13)24(32)33)19-9-8-15(11-30(19)20)23-27-12-28-29-23/h1-3,8-14H,4-7H2,(H,32,33)(H,27,28,29). The molecule has 0 saturated heterocycles. The summed E-state index contributed by atoms with van der Waals surface area (Å²) in [5.74, 6) is -0.577. The van der Waals surface area contributed by atoms with E-state index in [2.05, 4.69) is 15.2 Å². The zero-order chi connectivity index (χ0) is 23.1. The second-order valence-corrected chi connectivity index (χ2v) is 9.12. The molecule has 33 heavy (non-hydrogen) atoms. The number of carbonyl (C=O) groups is 2. The molecule has 3 heterocycles. The lowest BCUT2D eigenvalue weighted by Crippen LogP contribution is -2.20. The summed E-state index contributed by atoms with van der Waals surface area (Å²) in [6.45, 7) is 0. The highest BCUT2D eigenvalue weighted by Crippen LogP contribution is 2.40. The summed E-state index contributed by atoms with van der Waals surface area (Å²) >= 11 is 12.7. The number of rotatable bonds is 5. The molecule has 1 saturated carbocycles. The van der Waals surface area contributed by atoms with Crippen molar-refractivity contribution in [2.45, 2.75) is 31.6 Å². The Balaban J connectivity index is 1.63. The Kier molecular flexibility index (Phi) is 5.68. The molecule has 1 aliphatic carbocycles. The lowest BCUT2D eigenvalue weighted by molar-refractivity contribution is -0.142. The van der Waals surface area contributed by atoms with E-state index in [0.29, 0.717) is 24.4 Å². The molecule has 1 aliphatic rings. The minimum atomic E-state index is -0.740. The lowest BCUT2D eigenvalue weighted by atomic mass is 9.79. The molecule has 168 valence electrons. The minimum Gasteiger partial charge on any atom is -0.481 e. The Morgan fingerprint density at radius 2 is 1.79 bits per heavy atom. The molecule has 0 bridgehead atoms. The van der Waals surface area contributed by atoms with Crippen molar-refractivity contribution in [2.24, 2.45) is 5.92 Å². The van der Waals surface area contributed by atoms with Crippen molar-refractivity contribution in [1.82, 2.24) is 19.6 Å². The van der Waals surface area contributed by atoms with Crippen molar-refractivity contribution >= 4 is 40.5 Å². The molecule has 4 aromatic rings. The van der Waals surface area contributed by atoms with Gasteiger partial charge in [-0.3, -0.25) is 14.7 Å². The number of hydrogen-bond acceptors (Lipinski definition) is 4. The van der Waals surface area contributed by atoms with Crippen molar-refractivity contribution in [3.63, 3.8) is 0 Å². The van der Waals surface area contributed by atoms with E-state index in [1.54, 1.807) is 18.2 Å². The normalized spacial score (nSPS) is 18.5. The first-order valence-corrected chi connectivity index (χ1v) is 11.4. The van der Waals surface area contributed by atoms with Crippen molar-refractivity contribution in [2.75, 3.05) is 0 Å². The van der Waals surface area contributed by atoms with Crippen molar-refractivity contribution in [3.8, 4) is 11.4 Å². The van der Waals surface area contributed by atoms with Crippen LogP contribution in [-0.4, -0.2) is 36.4 Å². The van der Waals surface area contributed by atoms with Crippen LogP contribution in [0.1, 0.15) is 53.2 Å². The smallest absolute Gasteiger partial charge is 0.306 e. The molecule has 1 aromatic carbocycles. The van der Waals surface area contributed by atoms with Gasteiger partial charge < -0.3 is 9.51 Å². The molecule has 1 fully saturated rings. The van der Waals surface area contributed by atoms with Gasteiger partial charge in [0.25, 0.3) is 0 Å². The number of carboxylic acids is 1. The zero-order valence-electron chi connectivity index (χ0n) is 17.5. The Morgan fingerprint density at radius 1 is 1.06 bits per heavy atom. The first-order valence-electron chi connectivity index (χ1n) is 10.7. The molecule has 0 aliphatic heterocycles. The Bertz CT molecular complexity index is 1340. The van der Waals surface area contributed by atoms with Gasteiger partial charge in [-0.15, -0.1) is 0 Å². The van der Waals surface area contributed by atoms with E-state index in [-0.39, 0.29) is 33.2 Å². The second-order valence-electron chi connectivity index (χ2n) is 8.30. The average Bonchev–Trinajstić information content (AvgIpc) is 3.47. The third-order valence-corrected chi connectivity index (χ3v) is 7.05. The van der Waals surface area contributed by atoms with Gasteiger partial charge in [0.1, 0.15) is 6.33 Å². The van der Waals surface area contributed by atoms with Crippen LogP contribution in [0.3, 0.4) is 0 Å². The van der Waals surface area contributed by atoms with Crippen LogP contribution in [0.4, 0.5) is 0 Å². The molecule has 0 amide bonds. The monoisotopic (exact) mass is 482 g/mol.